The quantitative estimate of drug-likeness (QED) is 0.616. The average Bonchev–Trinajstić information content (AvgIpc) is 3.00. The van der Waals surface area contributed by atoms with Gasteiger partial charge in [-0.3, -0.25) is 14.9 Å². The van der Waals surface area contributed by atoms with Crippen molar-refractivity contribution in [3.63, 3.8) is 0 Å². The molecule has 2 atom stereocenters. The predicted molar refractivity (Wildman–Crippen MR) is 93.2 cm³/mol. The Kier molecular flexibility index (Phi) is 6.68. The molecule has 1 aromatic heterocycles. The lowest BCUT2D eigenvalue weighted by Crippen LogP contribution is -2.48. The number of carboxylic acid groups (broad SMARTS) is 2. The van der Waals surface area contributed by atoms with Crippen molar-refractivity contribution in [2.24, 2.45) is 5.92 Å². The van der Waals surface area contributed by atoms with Gasteiger partial charge in [-0.1, -0.05) is 13.8 Å². The number of benzene rings is 1. The highest BCUT2D eigenvalue weighted by Gasteiger charge is 2.27. The fraction of sp³-hybridized carbons (Fsp3) is 0.368. The van der Waals surface area contributed by atoms with Crippen molar-refractivity contribution in [3.05, 3.63) is 47.7 Å². The molecule has 6 nitrogen and oxygen atoms in total. The highest BCUT2D eigenvalue weighted by Crippen LogP contribution is 2.25. The zero-order valence-electron chi connectivity index (χ0n) is 14.9. The van der Waals surface area contributed by atoms with Crippen LogP contribution in [0.4, 0.5) is 8.78 Å². The second kappa shape index (κ2) is 8.77. The van der Waals surface area contributed by atoms with Crippen LogP contribution < -0.4 is 5.32 Å². The van der Waals surface area contributed by atoms with Gasteiger partial charge in [-0.15, -0.1) is 0 Å². The molecule has 0 amide bonds. The number of hydrogen-bond acceptors (Lipinski definition) is 4. The number of carboxylic acids is 2. The van der Waals surface area contributed by atoms with Crippen LogP contribution in [-0.4, -0.2) is 34.2 Å². The molecule has 0 saturated heterocycles. The minimum atomic E-state index is -1.22. The molecule has 0 fully saturated rings. The Hall–Kier alpha value is -2.74. The molecule has 2 aromatic rings. The number of hydrogen-bond donors (Lipinski definition) is 3. The van der Waals surface area contributed by atoms with Crippen LogP contribution >= 0.6 is 0 Å². The van der Waals surface area contributed by atoms with Crippen LogP contribution in [0.25, 0.3) is 11.3 Å². The molecule has 1 unspecified atom stereocenters. The van der Waals surface area contributed by atoms with E-state index in [1.54, 1.807) is 0 Å². The van der Waals surface area contributed by atoms with Gasteiger partial charge < -0.3 is 14.6 Å². The van der Waals surface area contributed by atoms with Gasteiger partial charge in [0.15, 0.2) is 0 Å². The molecule has 0 aliphatic heterocycles. The Morgan fingerprint density at radius 2 is 1.63 bits per heavy atom. The van der Waals surface area contributed by atoms with Crippen LogP contribution in [0.15, 0.2) is 34.7 Å². The van der Waals surface area contributed by atoms with Gasteiger partial charge in [0.2, 0.25) is 0 Å². The number of halogens is 2. The molecule has 8 heteroatoms. The second-order valence-electron chi connectivity index (χ2n) is 6.71. The zero-order chi connectivity index (χ0) is 20.1. The summed E-state index contributed by atoms with van der Waals surface area (Å²) in [6, 6.07) is 3.70. The third kappa shape index (κ3) is 5.89. The molecule has 1 aromatic carbocycles. The summed E-state index contributed by atoms with van der Waals surface area (Å²) in [4.78, 5) is 22.9. The molecular formula is C19H21F2NO5. The van der Waals surface area contributed by atoms with Gasteiger partial charge in [-0.25, -0.2) is 8.78 Å². The fourth-order valence-electron chi connectivity index (χ4n) is 2.71. The first-order valence-electron chi connectivity index (χ1n) is 8.42. The van der Waals surface area contributed by atoms with Crippen LogP contribution in [0.1, 0.15) is 26.0 Å². The maximum absolute atomic E-state index is 13.3. The Bertz CT molecular complexity index is 798. The number of nitrogens with one attached hydrogen (secondary N) is 1. The maximum atomic E-state index is 13.3. The first kappa shape index (κ1) is 20.6. The van der Waals surface area contributed by atoms with E-state index in [1.165, 1.54) is 12.1 Å². The molecule has 0 aliphatic rings. The molecule has 0 bridgehead atoms. The van der Waals surface area contributed by atoms with Crippen molar-refractivity contribution < 1.29 is 33.0 Å². The summed E-state index contributed by atoms with van der Waals surface area (Å²) in [6.07, 6.45) is 0.153. The summed E-state index contributed by atoms with van der Waals surface area (Å²) in [5.41, 5.74) is 0.182. The molecule has 0 radical (unpaired) electrons. The summed E-state index contributed by atoms with van der Waals surface area (Å²) < 4.78 is 32.2. The molecule has 0 aliphatic carbocycles. The Morgan fingerprint density at radius 1 is 1.04 bits per heavy atom. The van der Waals surface area contributed by atoms with Crippen molar-refractivity contribution in [1.82, 2.24) is 5.32 Å². The minimum absolute atomic E-state index is 0.0612. The smallest absolute Gasteiger partial charge is 0.321 e. The lowest BCUT2D eigenvalue weighted by atomic mass is 10.0. The standard InChI is InChI=1S/C19H21F2NO5/c1-10(2)5-15(18(23)24)22-16(19(25)26)9-14-3-4-17(27-14)11-6-12(20)8-13(21)7-11/h3-4,6-8,10,15-16,22H,5,9H2,1-2H3,(H,23,24)(H,25,26)/t15-,16?/m0/s1. The van der Waals surface area contributed by atoms with E-state index < -0.39 is 35.7 Å². The largest absolute Gasteiger partial charge is 0.480 e. The van der Waals surface area contributed by atoms with E-state index in [2.05, 4.69) is 5.32 Å². The van der Waals surface area contributed by atoms with E-state index >= 15 is 0 Å². The third-order valence-corrected chi connectivity index (χ3v) is 3.92. The summed E-state index contributed by atoms with van der Waals surface area (Å²) in [7, 11) is 0. The minimum Gasteiger partial charge on any atom is -0.480 e. The van der Waals surface area contributed by atoms with Crippen LogP contribution in [0.2, 0.25) is 0 Å². The molecule has 146 valence electrons. The van der Waals surface area contributed by atoms with Crippen molar-refractivity contribution in [1.29, 1.82) is 0 Å². The maximum Gasteiger partial charge on any atom is 0.321 e. The number of carbonyl (C=O) groups is 2. The highest BCUT2D eigenvalue weighted by molar-refractivity contribution is 5.77. The fourth-order valence-corrected chi connectivity index (χ4v) is 2.71. The summed E-state index contributed by atoms with van der Waals surface area (Å²) in [5, 5.41) is 21.3. The monoisotopic (exact) mass is 381 g/mol. The lowest BCUT2D eigenvalue weighted by molar-refractivity contribution is -0.143. The van der Waals surface area contributed by atoms with E-state index in [4.69, 9.17) is 4.42 Å². The first-order valence-corrected chi connectivity index (χ1v) is 8.42. The van der Waals surface area contributed by atoms with Gasteiger partial charge in [0.1, 0.15) is 35.2 Å². The van der Waals surface area contributed by atoms with E-state index in [9.17, 15) is 28.6 Å². The highest BCUT2D eigenvalue weighted by atomic mass is 19.1. The van der Waals surface area contributed by atoms with Crippen LogP contribution in [0.3, 0.4) is 0 Å². The van der Waals surface area contributed by atoms with Gasteiger partial charge in [-0.2, -0.15) is 0 Å². The molecule has 1 heterocycles. The van der Waals surface area contributed by atoms with Crippen molar-refractivity contribution in [2.45, 2.75) is 38.8 Å². The van der Waals surface area contributed by atoms with Crippen LogP contribution in [0.5, 0.6) is 0 Å². The number of rotatable bonds is 9. The van der Waals surface area contributed by atoms with Gasteiger partial charge >= 0.3 is 11.9 Å². The van der Waals surface area contributed by atoms with Crippen molar-refractivity contribution in [3.8, 4) is 11.3 Å². The van der Waals surface area contributed by atoms with Crippen LogP contribution in [0, 0.1) is 17.6 Å². The second-order valence-corrected chi connectivity index (χ2v) is 6.71. The van der Waals surface area contributed by atoms with Crippen molar-refractivity contribution >= 4 is 11.9 Å². The van der Waals surface area contributed by atoms with Gasteiger partial charge in [0.25, 0.3) is 0 Å². The van der Waals surface area contributed by atoms with E-state index in [1.807, 2.05) is 13.8 Å². The molecule has 27 heavy (non-hydrogen) atoms. The average molecular weight is 381 g/mol. The van der Waals surface area contributed by atoms with Crippen molar-refractivity contribution in [2.75, 3.05) is 0 Å². The van der Waals surface area contributed by atoms with Crippen LogP contribution in [-0.2, 0) is 16.0 Å². The molecule has 2 rings (SSSR count). The third-order valence-electron chi connectivity index (χ3n) is 3.92. The lowest BCUT2D eigenvalue weighted by Gasteiger charge is -2.21. The Morgan fingerprint density at radius 3 is 2.15 bits per heavy atom. The topological polar surface area (TPSA) is 99.8 Å². The predicted octanol–water partition coefficient (Wildman–Crippen LogP) is 3.31. The molecule has 0 spiro atoms. The van der Waals surface area contributed by atoms with Gasteiger partial charge in [-0.05, 0) is 36.6 Å². The SMILES string of the molecule is CC(C)C[C@H](NC(Cc1ccc(-c2cc(F)cc(F)c2)o1)C(=O)O)C(=O)O. The summed E-state index contributed by atoms with van der Waals surface area (Å²) >= 11 is 0. The normalized spacial score (nSPS) is 13.5. The summed E-state index contributed by atoms with van der Waals surface area (Å²) in [5.74, 6) is -3.37. The van der Waals surface area contributed by atoms with E-state index in [-0.39, 0.29) is 35.8 Å². The van der Waals surface area contributed by atoms with Gasteiger partial charge in [0.05, 0.1) is 0 Å². The Balaban J connectivity index is 2.16. The first-order chi connectivity index (χ1) is 12.7. The zero-order valence-corrected chi connectivity index (χ0v) is 14.9. The molecular weight excluding hydrogens is 360 g/mol. The number of aliphatic carboxylic acids is 2. The van der Waals surface area contributed by atoms with Gasteiger partial charge in [0, 0.05) is 18.1 Å². The number of furan rings is 1. The molecule has 3 N–H and O–H groups in total. The molecule has 0 saturated carbocycles. The van der Waals surface area contributed by atoms with E-state index in [0.29, 0.717) is 0 Å². The Labute approximate surface area is 154 Å². The summed E-state index contributed by atoms with van der Waals surface area (Å²) in [6.45, 7) is 3.68. The van der Waals surface area contributed by atoms with E-state index in [0.717, 1.165) is 18.2 Å².